The van der Waals surface area contributed by atoms with Crippen LogP contribution in [0.5, 0.6) is 0 Å². The summed E-state index contributed by atoms with van der Waals surface area (Å²) in [7, 11) is 0. The molecule has 1 aromatic heterocycles. The summed E-state index contributed by atoms with van der Waals surface area (Å²) < 4.78 is 11.5. The summed E-state index contributed by atoms with van der Waals surface area (Å²) in [5.41, 5.74) is 0.783. The van der Waals surface area contributed by atoms with Gasteiger partial charge in [0.05, 0.1) is 6.26 Å². The Morgan fingerprint density at radius 1 is 0.951 bits per heavy atom. The van der Waals surface area contributed by atoms with E-state index >= 15 is 0 Å². The SMILES string of the molecule is CCCCCCCCCCCCCCCCC(=O)OC[C@@]1(O)C[C@@]23CC[C@@H]4c5ccoc5C=C[C@@]4(C)[C@@H]2CC[C@@H]1C3. The van der Waals surface area contributed by atoms with E-state index in [0.29, 0.717) is 18.3 Å². The highest BCUT2D eigenvalue weighted by molar-refractivity contribution is 5.69. The normalized spacial score (nSPS) is 33.3. The summed E-state index contributed by atoms with van der Waals surface area (Å²) in [6.07, 6.45) is 31.7. The zero-order valence-corrected chi connectivity index (χ0v) is 26.3. The van der Waals surface area contributed by atoms with Gasteiger partial charge in [-0.05, 0) is 85.7 Å². The van der Waals surface area contributed by atoms with E-state index in [-0.39, 0.29) is 29.3 Å². The lowest BCUT2D eigenvalue weighted by Gasteiger charge is -2.58. The van der Waals surface area contributed by atoms with Crippen molar-refractivity contribution in [1.82, 2.24) is 0 Å². The molecule has 230 valence electrons. The van der Waals surface area contributed by atoms with Crippen molar-refractivity contribution in [2.24, 2.45) is 22.7 Å². The summed E-state index contributed by atoms with van der Waals surface area (Å²) in [6, 6.07) is 2.17. The largest absolute Gasteiger partial charge is 0.465 e. The lowest BCUT2D eigenvalue weighted by molar-refractivity contribution is -0.154. The maximum atomic E-state index is 12.6. The number of allylic oxidation sites excluding steroid dienone is 1. The van der Waals surface area contributed by atoms with Crippen molar-refractivity contribution in [1.29, 1.82) is 0 Å². The molecule has 0 aliphatic heterocycles. The lowest BCUT2D eigenvalue weighted by Crippen LogP contribution is -2.49. The molecule has 0 radical (unpaired) electrons. The smallest absolute Gasteiger partial charge is 0.305 e. The van der Waals surface area contributed by atoms with E-state index in [9.17, 15) is 9.90 Å². The highest BCUT2D eigenvalue weighted by Crippen LogP contribution is 2.71. The van der Waals surface area contributed by atoms with Crippen LogP contribution in [0.1, 0.15) is 166 Å². The van der Waals surface area contributed by atoms with E-state index in [1.807, 2.05) is 6.26 Å². The molecule has 6 atom stereocenters. The van der Waals surface area contributed by atoms with Gasteiger partial charge in [0.1, 0.15) is 18.0 Å². The first-order valence-electron chi connectivity index (χ1n) is 17.5. The van der Waals surface area contributed by atoms with E-state index in [0.717, 1.165) is 57.1 Å². The second-order valence-corrected chi connectivity index (χ2v) is 14.7. The average Bonchev–Trinajstić information content (AvgIpc) is 3.52. The molecule has 41 heavy (non-hydrogen) atoms. The fourth-order valence-electron chi connectivity index (χ4n) is 9.78. The zero-order valence-electron chi connectivity index (χ0n) is 26.3. The zero-order chi connectivity index (χ0) is 28.8. The number of carbonyl (C=O) groups is 1. The van der Waals surface area contributed by atoms with Crippen LogP contribution < -0.4 is 0 Å². The summed E-state index contributed by atoms with van der Waals surface area (Å²) >= 11 is 0. The first-order valence-corrected chi connectivity index (χ1v) is 17.5. The number of hydrogen-bond donors (Lipinski definition) is 1. The number of furan rings is 1. The third-order valence-corrected chi connectivity index (χ3v) is 12.0. The summed E-state index contributed by atoms with van der Waals surface area (Å²) in [6.45, 7) is 4.91. The molecule has 0 unspecified atom stereocenters. The number of aliphatic hydroxyl groups is 1. The molecule has 3 fully saturated rings. The standard InChI is InChI=1S/C37H58O4/c1-3-4-5-6-7-8-9-10-11-12-13-14-15-16-17-34(38)41-28-37(39)27-36-24-20-31-30-22-25-40-32(30)21-23-35(31,2)33(36)19-18-29(37)26-36/h21-23,25,29,31,33,39H,3-20,24,26-28H2,1-2H3/t29-,31-,33+,35-,36+,37+/m1/s1. The van der Waals surface area contributed by atoms with Gasteiger partial charge in [0.2, 0.25) is 0 Å². The average molecular weight is 567 g/mol. The van der Waals surface area contributed by atoms with Crippen LogP contribution >= 0.6 is 0 Å². The topological polar surface area (TPSA) is 59.7 Å². The van der Waals surface area contributed by atoms with Gasteiger partial charge in [-0.1, -0.05) is 103 Å². The maximum absolute atomic E-state index is 12.6. The molecular formula is C37H58O4. The van der Waals surface area contributed by atoms with Crippen molar-refractivity contribution in [3.63, 3.8) is 0 Å². The monoisotopic (exact) mass is 566 g/mol. The maximum Gasteiger partial charge on any atom is 0.305 e. The molecule has 4 aliphatic rings. The summed E-state index contributed by atoms with van der Waals surface area (Å²) in [4.78, 5) is 12.6. The van der Waals surface area contributed by atoms with E-state index in [4.69, 9.17) is 9.15 Å². The first-order chi connectivity index (χ1) is 19.9. The van der Waals surface area contributed by atoms with Gasteiger partial charge in [0.25, 0.3) is 0 Å². The number of fused-ring (bicyclic) bond motifs is 5. The number of rotatable bonds is 17. The van der Waals surface area contributed by atoms with Crippen LogP contribution in [0.2, 0.25) is 0 Å². The number of hydrogen-bond acceptors (Lipinski definition) is 4. The third kappa shape index (κ3) is 6.84. The highest BCUT2D eigenvalue weighted by atomic mass is 16.5. The molecule has 1 spiro atoms. The Labute approximate surface area is 250 Å². The van der Waals surface area contributed by atoms with E-state index in [1.165, 1.54) is 82.6 Å². The summed E-state index contributed by atoms with van der Waals surface area (Å²) in [5, 5.41) is 11.8. The molecule has 1 heterocycles. The van der Waals surface area contributed by atoms with Gasteiger partial charge in [-0.15, -0.1) is 0 Å². The van der Waals surface area contributed by atoms with Gasteiger partial charge in [-0.3, -0.25) is 4.79 Å². The van der Waals surface area contributed by atoms with Crippen molar-refractivity contribution in [3.05, 3.63) is 29.7 Å². The van der Waals surface area contributed by atoms with Gasteiger partial charge >= 0.3 is 5.97 Å². The quantitative estimate of drug-likeness (QED) is 0.150. The van der Waals surface area contributed by atoms with Gasteiger partial charge in [0, 0.05) is 12.0 Å². The van der Waals surface area contributed by atoms with Crippen LogP contribution in [0.3, 0.4) is 0 Å². The van der Waals surface area contributed by atoms with Crippen molar-refractivity contribution >= 4 is 12.0 Å². The molecule has 4 nitrogen and oxygen atoms in total. The Bertz CT molecular complexity index is 1010. The second kappa shape index (κ2) is 13.8. The van der Waals surface area contributed by atoms with Gasteiger partial charge < -0.3 is 14.3 Å². The van der Waals surface area contributed by atoms with Crippen LogP contribution in [0.25, 0.3) is 6.08 Å². The predicted molar refractivity (Wildman–Crippen MR) is 167 cm³/mol. The van der Waals surface area contributed by atoms with Crippen LogP contribution in [-0.4, -0.2) is 23.3 Å². The minimum atomic E-state index is -0.859. The highest BCUT2D eigenvalue weighted by Gasteiger charge is 2.65. The Morgan fingerprint density at radius 2 is 1.61 bits per heavy atom. The Kier molecular flexibility index (Phi) is 10.4. The number of esters is 1. The molecule has 0 aromatic carbocycles. The van der Waals surface area contributed by atoms with Gasteiger partial charge in [-0.25, -0.2) is 0 Å². The van der Waals surface area contributed by atoms with Crippen molar-refractivity contribution in [2.45, 2.75) is 160 Å². The molecule has 1 N–H and O–H groups in total. The number of unbranched alkanes of at least 4 members (excludes halogenated alkanes) is 13. The van der Waals surface area contributed by atoms with Crippen LogP contribution in [0.4, 0.5) is 0 Å². The van der Waals surface area contributed by atoms with E-state index < -0.39 is 5.60 Å². The minimum Gasteiger partial charge on any atom is -0.465 e. The van der Waals surface area contributed by atoms with Gasteiger partial charge in [-0.2, -0.15) is 0 Å². The third-order valence-electron chi connectivity index (χ3n) is 12.0. The summed E-state index contributed by atoms with van der Waals surface area (Å²) in [5.74, 6) is 2.23. The van der Waals surface area contributed by atoms with Crippen molar-refractivity contribution < 1.29 is 19.1 Å². The lowest BCUT2D eigenvalue weighted by atomic mass is 9.46. The molecule has 4 aliphatic carbocycles. The van der Waals surface area contributed by atoms with E-state index in [2.05, 4.69) is 32.1 Å². The molecule has 2 bridgehead atoms. The first kappa shape index (κ1) is 30.9. The van der Waals surface area contributed by atoms with Crippen molar-refractivity contribution in [2.75, 3.05) is 6.61 Å². The molecular weight excluding hydrogens is 508 g/mol. The van der Waals surface area contributed by atoms with Gasteiger partial charge in [0.15, 0.2) is 0 Å². The molecule has 5 rings (SSSR count). The molecule has 0 amide bonds. The Balaban J connectivity index is 0.972. The Morgan fingerprint density at radius 3 is 2.29 bits per heavy atom. The minimum absolute atomic E-state index is 0.107. The fraction of sp³-hybridized carbons (Fsp3) is 0.811. The molecule has 4 heteroatoms. The number of carbonyl (C=O) groups excluding carboxylic acids is 1. The van der Waals surface area contributed by atoms with Crippen LogP contribution in [0.15, 0.2) is 22.8 Å². The number of ether oxygens (including phenoxy) is 1. The van der Waals surface area contributed by atoms with E-state index in [1.54, 1.807) is 0 Å². The molecule has 3 saturated carbocycles. The fourth-order valence-corrected chi connectivity index (χ4v) is 9.78. The predicted octanol–water partition coefficient (Wildman–Crippen LogP) is 10.1. The Hall–Kier alpha value is -1.55. The molecule has 1 aromatic rings. The van der Waals surface area contributed by atoms with Crippen molar-refractivity contribution in [3.8, 4) is 0 Å². The second-order valence-electron chi connectivity index (χ2n) is 14.7. The van der Waals surface area contributed by atoms with Crippen LogP contribution in [-0.2, 0) is 9.53 Å². The molecule has 0 saturated heterocycles. The van der Waals surface area contributed by atoms with Crippen LogP contribution in [0, 0.1) is 22.7 Å².